The van der Waals surface area contributed by atoms with E-state index in [-0.39, 0.29) is 11.7 Å². The molecule has 0 bridgehead atoms. The Labute approximate surface area is 207 Å². The first-order valence-electron chi connectivity index (χ1n) is 12.0. The van der Waals surface area contributed by atoms with Gasteiger partial charge in [0.25, 0.3) is 5.91 Å². The fraction of sp³-hybridized carbons (Fsp3) is 0.276. The van der Waals surface area contributed by atoms with Crippen LogP contribution in [0.5, 0.6) is 0 Å². The van der Waals surface area contributed by atoms with Crippen molar-refractivity contribution in [1.82, 2.24) is 10.2 Å². The van der Waals surface area contributed by atoms with E-state index >= 15 is 0 Å². The second kappa shape index (κ2) is 11.7. The maximum absolute atomic E-state index is 13.1. The van der Waals surface area contributed by atoms with Gasteiger partial charge in [-0.15, -0.1) is 0 Å². The summed E-state index contributed by atoms with van der Waals surface area (Å²) in [6.45, 7) is 5.33. The lowest BCUT2D eigenvalue weighted by Crippen LogP contribution is -2.46. The Bertz CT molecular complexity index is 1130. The van der Waals surface area contributed by atoms with Crippen molar-refractivity contribution in [2.24, 2.45) is 0 Å². The Hall–Kier alpha value is -3.64. The first-order chi connectivity index (χ1) is 17.0. The second-order valence-corrected chi connectivity index (χ2v) is 9.04. The fourth-order valence-electron chi connectivity index (χ4n) is 4.16. The molecule has 3 aromatic rings. The molecule has 0 aliphatic carbocycles. The average molecular weight is 473 g/mol. The highest BCUT2D eigenvalue weighted by Gasteiger charge is 2.16. The van der Waals surface area contributed by atoms with Crippen molar-refractivity contribution < 1.29 is 9.18 Å². The van der Waals surface area contributed by atoms with E-state index in [2.05, 4.69) is 82.7 Å². The summed E-state index contributed by atoms with van der Waals surface area (Å²) in [5.74, 6) is -0.550. The predicted molar refractivity (Wildman–Crippen MR) is 142 cm³/mol. The summed E-state index contributed by atoms with van der Waals surface area (Å²) in [5, 5.41) is 2.92. The van der Waals surface area contributed by atoms with Crippen LogP contribution in [0.2, 0.25) is 0 Å². The topological polar surface area (TPSA) is 38.8 Å². The molecular weight excluding hydrogens is 439 g/mol. The van der Waals surface area contributed by atoms with E-state index in [9.17, 15) is 9.18 Å². The van der Waals surface area contributed by atoms with Crippen LogP contribution in [0, 0.1) is 5.82 Å². The lowest BCUT2D eigenvalue weighted by molar-refractivity contribution is 0.0951. The molecule has 0 unspecified atom stereocenters. The smallest absolute Gasteiger partial charge is 0.251 e. The molecule has 0 saturated carbocycles. The molecule has 5 nitrogen and oxygen atoms in total. The number of benzene rings is 3. The third-order valence-corrected chi connectivity index (χ3v) is 6.29. The van der Waals surface area contributed by atoms with E-state index in [0.29, 0.717) is 12.1 Å². The van der Waals surface area contributed by atoms with Gasteiger partial charge in [-0.3, -0.25) is 9.69 Å². The maximum Gasteiger partial charge on any atom is 0.251 e. The average Bonchev–Trinajstić information content (AvgIpc) is 2.88. The zero-order valence-corrected chi connectivity index (χ0v) is 20.5. The molecular formula is C29H33FN4O. The van der Waals surface area contributed by atoms with Gasteiger partial charge in [-0.2, -0.15) is 0 Å². The second-order valence-electron chi connectivity index (χ2n) is 9.04. The highest BCUT2D eigenvalue weighted by molar-refractivity contribution is 5.94. The third-order valence-electron chi connectivity index (χ3n) is 6.29. The highest BCUT2D eigenvalue weighted by atomic mass is 19.1. The molecule has 1 fully saturated rings. The maximum atomic E-state index is 13.1. The normalized spacial score (nSPS) is 14.3. The number of hydrogen-bond donors (Lipinski definition) is 1. The first kappa shape index (κ1) is 24.5. The summed E-state index contributed by atoms with van der Waals surface area (Å²) in [6, 6.07) is 22.5. The Kier molecular flexibility index (Phi) is 8.16. The van der Waals surface area contributed by atoms with Gasteiger partial charge < -0.3 is 15.1 Å². The van der Waals surface area contributed by atoms with E-state index in [4.69, 9.17) is 0 Å². The van der Waals surface area contributed by atoms with E-state index in [1.165, 1.54) is 41.2 Å². The standard InChI is InChI=1S/C29H33FN4O/c1-32(2)27-14-8-23(9-15-27)6-4-16-33-17-19-34(20-18-33)28-7-3-5-24(21-28)22-31-29(35)25-10-12-26(30)13-11-25/h3-15,21H,16-20,22H2,1-2H3,(H,31,35)/b6-4+. The number of halogens is 1. The van der Waals surface area contributed by atoms with Gasteiger partial charge in [0, 0.05) is 70.3 Å². The van der Waals surface area contributed by atoms with Crippen LogP contribution in [0.1, 0.15) is 21.5 Å². The molecule has 1 saturated heterocycles. The van der Waals surface area contributed by atoms with Crippen molar-refractivity contribution in [1.29, 1.82) is 0 Å². The highest BCUT2D eigenvalue weighted by Crippen LogP contribution is 2.19. The number of amides is 1. The monoisotopic (exact) mass is 472 g/mol. The molecule has 182 valence electrons. The van der Waals surface area contributed by atoms with Crippen LogP contribution in [0.4, 0.5) is 15.8 Å². The molecule has 1 aliphatic rings. The van der Waals surface area contributed by atoms with Gasteiger partial charge in [0.1, 0.15) is 5.82 Å². The number of nitrogens with zero attached hydrogens (tertiary/aromatic N) is 3. The van der Waals surface area contributed by atoms with Crippen molar-refractivity contribution in [2.45, 2.75) is 6.54 Å². The zero-order chi connectivity index (χ0) is 24.6. The summed E-state index contributed by atoms with van der Waals surface area (Å²) >= 11 is 0. The minimum atomic E-state index is -0.347. The number of rotatable bonds is 8. The minimum absolute atomic E-state index is 0.203. The molecule has 1 heterocycles. The Morgan fingerprint density at radius 1 is 0.971 bits per heavy atom. The summed E-state index contributed by atoms with van der Waals surface area (Å²) in [6.07, 6.45) is 4.43. The predicted octanol–water partition coefficient (Wildman–Crippen LogP) is 4.66. The summed E-state index contributed by atoms with van der Waals surface area (Å²) < 4.78 is 13.1. The van der Waals surface area contributed by atoms with Crippen LogP contribution in [-0.2, 0) is 6.54 Å². The summed E-state index contributed by atoms with van der Waals surface area (Å²) in [7, 11) is 4.10. The van der Waals surface area contributed by atoms with Gasteiger partial charge in [0.2, 0.25) is 0 Å². The molecule has 0 atom stereocenters. The van der Waals surface area contributed by atoms with E-state index in [1.54, 1.807) is 0 Å². The minimum Gasteiger partial charge on any atom is -0.378 e. The van der Waals surface area contributed by atoms with Crippen molar-refractivity contribution in [3.63, 3.8) is 0 Å². The Morgan fingerprint density at radius 2 is 1.69 bits per heavy atom. The summed E-state index contributed by atoms with van der Waals surface area (Å²) in [4.78, 5) is 19.3. The van der Waals surface area contributed by atoms with Crippen LogP contribution in [0.25, 0.3) is 6.08 Å². The van der Waals surface area contributed by atoms with Crippen molar-refractivity contribution in [2.75, 3.05) is 56.6 Å². The largest absolute Gasteiger partial charge is 0.378 e. The number of carbonyl (C=O) groups is 1. The number of nitrogens with one attached hydrogen (secondary N) is 1. The van der Waals surface area contributed by atoms with Crippen LogP contribution < -0.4 is 15.1 Å². The molecule has 0 aromatic heterocycles. The molecule has 1 aliphatic heterocycles. The van der Waals surface area contributed by atoms with Crippen molar-refractivity contribution in [3.8, 4) is 0 Å². The Morgan fingerprint density at radius 3 is 2.37 bits per heavy atom. The van der Waals surface area contributed by atoms with Gasteiger partial charge in [-0.1, -0.05) is 36.4 Å². The van der Waals surface area contributed by atoms with E-state index in [0.717, 1.165) is 38.3 Å². The zero-order valence-electron chi connectivity index (χ0n) is 20.5. The van der Waals surface area contributed by atoms with Gasteiger partial charge >= 0.3 is 0 Å². The Balaban J connectivity index is 1.24. The van der Waals surface area contributed by atoms with Crippen LogP contribution in [0.3, 0.4) is 0 Å². The molecule has 0 spiro atoms. The molecule has 0 radical (unpaired) electrons. The lowest BCUT2D eigenvalue weighted by Gasteiger charge is -2.35. The van der Waals surface area contributed by atoms with Crippen LogP contribution >= 0.6 is 0 Å². The lowest BCUT2D eigenvalue weighted by atomic mass is 10.1. The van der Waals surface area contributed by atoms with Crippen LogP contribution in [-0.4, -0.2) is 57.6 Å². The number of anilines is 2. The van der Waals surface area contributed by atoms with E-state index < -0.39 is 0 Å². The van der Waals surface area contributed by atoms with Gasteiger partial charge in [-0.25, -0.2) is 4.39 Å². The van der Waals surface area contributed by atoms with Crippen molar-refractivity contribution >= 4 is 23.4 Å². The number of hydrogen-bond acceptors (Lipinski definition) is 4. The quantitative estimate of drug-likeness (QED) is 0.518. The molecule has 6 heteroatoms. The van der Waals surface area contributed by atoms with Crippen LogP contribution in [0.15, 0.2) is 78.9 Å². The number of carbonyl (C=O) groups excluding carboxylic acids is 1. The third kappa shape index (κ3) is 6.93. The van der Waals surface area contributed by atoms with E-state index in [1.807, 2.05) is 12.1 Å². The SMILES string of the molecule is CN(C)c1ccc(/C=C/CN2CCN(c3cccc(CNC(=O)c4ccc(F)cc4)c3)CC2)cc1. The first-order valence-corrected chi connectivity index (χ1v) is 12.0. The van der Waals surface area contributed by atoms with Crippen molar-refractivity contribution in [3.05, 3.63) is 101 Å². The van der Waals surface area contributed by atoms with Gasteiger partial charge in [0.05, 0.1) is 0 Å². The molecule has 1 amide bonds. The fourth-order valence-corrected chi connectivity index (χ4v) is 4.16. The number of piperazine rings is 1. The molecule has 35 heavy (non-hydrogen) atoms. The molecule has 3 aromatic carbocycles. The van der Waals surface area contributed by atoms with Gasteiger partial charge in [0.15, 0.2) is 0 Å². The molecule has 4 rings (SSSR count). The summed E-state index contributed by atoms with van der Waals surface area (Å²) in [5.41, 5.74) is 5.10. The van der Waals surface area contributed by atoms with Gasteiger partial charge in [-0.05, 0) is 59.7 Å². The molecule has 1 N–H and O–H groups in total.